The number of benzene rings is 1. The van der Waals surface area contributed by atoms with E-state index in [0.29, 0.717) is 0 Å². The molecule has 78 valence electrons. The number of nitrogens with one attached hydrogen (secondary N) is 1. The molecule has 0 amide bonds. The predicted octanol–water partition coefficient (Wildman–Crippen LogP) is 1.71. The minimum absolute atomic E-state index is 0.742. The lowest BCUT2D eigenvalue weighted by atomic mass is 10.2. The van der Waals surface area contributed by atoms with Crippen molar-refractivity contribution in [3.8, 4) is 0 Å². The second-order valence-corrected chi connectivity index (χ2v) is 4.81. The predicted molar refractivity (Wildman–Crippen MR) is 61.0 cm³/mol. The lowest BCUT2D eigenvalue weighted by Crippen LogP contribution is -2.11. The zero-order valence-electron chi connectivity index (χ0n) is 8.75. The number of hydrogen-bond donors (Lipinski definition) is 1. The minimum atomic E-state index is -0.836. The first-order valence-electron chi connectivity index (χ1n) is 4.84. The highest BCUT2D eigenvalue weighted by molar-refractivity contribution is 7.85. The van der Waals surface area contributed by atoms with Crippen LogP contribution in [-0.4, -0.2) is 23.6 Å². The van der Waals surface area contributed by atoms with E-state index >= 15 is 0 Å². The Balaban J connectivity index is 2.56. The van der Waals surface area contributed by atoms with Gasteiger partial charge in [-0.15, -0.1) is 0 Å². The van der Waals surface area contributed by atoms with E-state index in [0.717, 1.165) is 29.2 Å². The van der Waals surface area contributed by atoms with Crippen LogP contribution in [0.15, 0.2) is 29.2 Å². The summed E-state index contributed by atoms with van der Waals surface area (Å²) in [7, 11) is 1.08. The van der Waals surface area contributed by atoms with Gasteiger partial charge in [-0.05, 0) is 38.6 Å². The van der Waals surface area contributed by atoms with Gasteiger partial charge in [0.05, 0.1) is 10.8 Å². The summed E-state index contributed by atoms with van der Waals surface area (Å²) in [4.78, 5) is 0.976. The van der Waals surface area contributed by atoms with Gasteiger partial charge in [0.1, 0.15) is 0 Å². The molecule has 0 aromatic heterocycles. The van der Waals surface area contributed by atoms with Crippen LogP contribution in [0.3, 0.4) is 0 Å². The molecule has 1 N–H and O–H groups in total. The van der Waals surface area contributed by atoms with E-state index in [1.54, 1.807) is 0 Å². The maximum Gasteiger partial charge on any atom is 0.0532 e. The quantitative estimate of drug-likeness (QED) is 0.751. The maximum absolute atomic E-state index is 11.8. The Kier molecular flexibility index (Phi) is 4.84. The summed E-state index contributed by atoms with van der Waals surface area (Å²) < 4.78 is 11.8. The molecule has 1 unspecified atom stereocenters. The summed E-state index contributed by atoms with van der Waals surface area (Å²) in [6.07, 6.45) is 0.956. The van der Waals surface area contributed by atoms with Gasteiger partial charge >= 0.3 is 0 Å². The zero-order valence-corrected chi connectivity index (χ0v) is 9.56. The first kappa shape index (κ1) is 11.4. The van der Waals surface area contributed by atoms with Crippen molar-refractivity contribution in [2.75, 3.05) is 19.3 Å². The molecular weight excluding hydrogens is 194 g/mol. The van der Waals surface area contributed by atoms with Gasteiger partial charge in [-0.2, -0.15) is 0 Å². The Labute approximate surface area is 88.2 Å². The third kappa shape index (κ3) is 3.24. The molecule has 3 heteroatoms. The SMILES string of the molecule is CNCCCS(=O)c1ccccc1C. The standard InChI is InChI=1S/C11H17NOS/c1-10-6-3-4-7-11(10)14(13)9-5-8-12-2/h3-4,6-7,12H,5,8-9H2,1-2H3. The third-order valence-electron chi connectivity index (χ3n) is 2.10. The highest BCUT2D eigenvalue weighted by Crippen LogP contribution is 2.12. The van der Waals surface area contributed by atoms with Gasteiger partial charge in [-0.1, -0.05) is 18.2 Å². The van der Waals surface area contributed by atoms with Crippen LogP contribution < -0.4 is 5.32 Å². The molecular formula is C11H17NOS. The summed E-state index contributed by atoms with van der Waals surface area (Å²) in [5.41, 5.74) is 1.12. The summed E-state index contributed by atoms with van der Waals surface area (Å²) in [6.45, 7) is 2.93. The Bertz CT molecular complexity index is 312. The highest BCUT2D eigenvalue weighted by atomic mass is 32.2. The monoisotopic (exact) mass is 211 g/mol. The molecule has 1 aromatic carbocycles. The fourth-order valence-electron chi connectivity index (χ4n) is 1.30. The van der Waals surface area contributed by atoms with E-state index in [9.17, 15) is 4.21 Å². The number of aryl methyl sites for hydroxylation is 1. The van der Waals surface area contributed by atoms with Crippen molar-refractivity contribution in [2.24, 2.45) is 0 Å². The van der Waals surface area contributed by atoms with Crippen molar-refractivity contribution >= 4 is 10.8 Å². The Hall–Kier alpha value is -0.670. The molecule has 0 saturated heterocycles. The van der Waals surface area contributed by atoms with Crippen molar-refractivity contribution in [3.63, 3.8) is 0 Å². The van der Waals surface area contributed by atoms with Crippen LogP contribution in [0.1, 0.15) is 12.0 Å². The molecule has 1 atom stereocenters. The molecule has 0 aliphatic rings. The van der Waals surface area contributed by atoms with E-state index < -0.39 is 10.8 Å². The van der Waals surface area contributed by atoms with Crippen molar-refractivity contribution < 1.29 is 4.21 Å². The minimum Gasteiger partial charge on any atom is -0.320 e. The van der Waals surface area contributed by atoms with Crippen LogP contribution in [0.25, 0.3) is 0 Å². The van der Waals surface area contributed by atoms with Crippen LogP contribution in [0.2, 0.25) is 0 Å². The van der Waals surface area contributed by atoms with Crippen molar-refractivity contribution in [1.29, 1.82) is 0 Å². The van der Waals surface area contributed by atoms with Crippen LogP contribution in [0, 0.1) is 6.92 Å². The first-order valence-corrected chi connectivity index (χ1v) is 6.16. The molecule has 0 spiro atoms. The van der Waals surface area contributed by atoms with Gasteiger partial charge < -0.3 is 5.32 Å². The average molecular weight is 211 g/mol. The molecule has 1 rings (SSSR count). The molecule has 0 aliphatic heterocycles. The molecule has 0 saturated carbocycles. The molecule has 0 radical (unpaired) electrons. The Morgan fingerprint density at radius 2 is 2.07 bits per heavy atom. The van der Waals surface area contributed by atoms with Crippen LogP contribution in [-0.2, 0) is 10.8 Å². The van der Waals surface area contributed by atoms with Gasteiger partial charge in [0, 0.05) is 10.6 Å². The van der Waals surface area contributed by atoms with E-state index in [-0.39, 0.29) is 0 Å². The van der Waals surface area contributed by atoms with Crippen LogP contribution in [0.4, 0.5) is 0 Å². The van der Waals surface area contributed by atoms with E-state index in [1.165, 1.54) is 0 Å². The molecule has 0 aliphatic carbocycles. The largest absolute Gasteiger partial charge is 0.320 e. The molecule has 0 bridgehead atoms. The maximum atomic E-state index is 11.8. The van der Waals surface area contributed by atoms with Crippen LogP contribution >= 0.6 is 0 Å². The fourth-order valence-corrected chi connectivity index (χ4v) is 2.59. The van der Waals surface area contributed by atoms with Gasteiger partial charge in [0.2, 0.25) is 0 Å². The van der Waals surface area contributed by atoms with Gasteiger partial charge in [-0.25, -0.2) is 0 Å². The van der Waals surface area contributed by atoms with Gasteiger partial charge in [0.25, 0.3) is 0 Å². The summed E-state index contributed by atoms with van der Waals surface area (Å²) in [6, 6.07) is 7.87. The smallest absolute Gasteiger partial charge is 0.0532 e. The summed E-state index contributed by atoms with van der Waals surface area (Å²) in [5.74, 6) is 0.742. The van der Waals surface area contributed by atoms with Gasteiger partial charge in [0.15, 0.2) is 0 Å². The second-order valence-electron chi connectivity index (χ2n) is 3.27. The fraction of sp³-hybridized carbons (Fsp3) is 0.455. The van der Waals surface area contributed by atoms with E-state index in [1.807, 2.05) is 38.2 Å². The Morgan fingerprint density at radius 1 is 1.36 bits per heavy atom. The lowest BCUT2D eigenvalue weighted by Gasteiger charge is -2.04. The third-order valence-corrected chi connectivity index (χ3v) is 3.70. The van der Waals surface area contributed by atoms with Gasteiger partial charge in [-0.3, -0.25) is 4.21 Å². The van der Waals surface area contributed by atoms with E-state index in [4.69, 9.17) is 0 Å². The Morgan fingerprint density at radius 3 is 2.71 bits per heavy atom. The highest BCUT2D eigenvalue weighted by Gasteiger charge is 2.05. The first-order chi connectivity index (χ1) is 6.75. The second kappa shape index (κ2) is 5.94. The summed E-state index contributed by atoms with van der Waals surface area (Å²) in [5, 5.41) is 3.05. The molecule has 1 aromatic rings. The molecule has 2 nitrogen and oxygen atoms in total. The molecule has 0 heterocycles. The average Bonchev–Trinajstić information content (AvgIpc) is 2.18. The number of rotatable bonds is 5. The molecule has 0 fully saturated rings. The normalized spacial score (nSPS) is 12.7. The molecule has 14 heavy (non-hydrogen) atoms. The van der Waals surface area contributed by atoms with Crippen molar-refractivity contribution in [1.82, 2.24) is 5.32 Å². The topological polar surface area (TPSA) is 29.1 Å². The van der Waals surface area contributed by atoms with Crippen molar-refractivity contribution in [3.05, 3.63) is 29.8 Å². The number of hydrogen-bond acceptors (Lipinski definition) is 2. The zero-order chi connectivity index (χ0) is 10.4. The van der Waals surface area contributed by atoms with Crippen LogP contribution in [0.5, 0.6) is 0 Å². The summed E-state index contributed by atoms with van der Waals surface area (Å²) >= 11 is 0. The van der Waals surface area contributed by atoms with Crippen molar-refractivity contribution in [2.45, 2.75) is 18.2 Å². The van der Waals surface area contributed by atoms with E-state index in [2.05, 4.69) is 5.32 Å². The lowest BCUT2D eigenvalue weighted by molar-refractivity contribution is 0.677.